The molecule has 0 aromatic carbocycles. The van der Waals surface area contributed by atoms with Crippen LogP contribution in [-0.4, -0.2) is 74.3 Å². The van der Waals surface area contributed by atoms with E-state index < -0.39 is 20.0 Å². The fraction of sp³-hybridized carbons (Fsp3) is 0.778. The van der Waals surface area contributed by atoms with Crippen LogP contribution in [-0.2, 0) is 27.9 Å². The van der Waals surface area contributed by atoms with Gasteiger partial charge in [0.2, 0.25) is 5.91 Å². The van der Waals surface area contributed by atoms with Gasteiger partial charge in [-0.15, -0.1) is 0 Å². The lowest BCUT2D eigenvalue weighted by Gasteiger charge is -2.27. The minimum atomic E-state index is -4.46. The van der Waals surface area contributed by atoms with Crippen molar-refractivity contribution in [3.63, 3.8) is 0 Å². The van der Waals surface area contributed by atoms with Gasteiger partial charge in [0, 0.05) is 12.8 Å². The fourth-order valence-corrected chi connectivity index (χ4v) is 10.5. The molecule has 476 valence electrons. The molecule has 0 aliphatic rings. The molecule has 0 aromatic heterocycles. The Kier molecular flexibility index (Phi) is 59.2. The highest BCUT2D eigenvalue weighted by Gasteiger charge is 2.30. The van der Waals surface area contributed by atoms with Gasteiger partial charge in [0.15, 0.2) is 0 Å². The Morgan fingerprint density at radius 3 is 1.18 bits per heavy atom. The van der Waals surface area contributed by atoms with E-state index in [1.807, 2.05) is 33.3 Å². The van der Waals surface area contributed by atoms with Crippen molar-refractivity contribution in [1.29, 1.82) is 0 Å². The first kappa shape index (κ1) is 79.2. The number of unbranched alkanes of at least 4 members (excludes halogenated alkanes) is 34. The number of likely N-dealkylation sites (N-methyl/N-ethyl adjacent to an activating group) is 1. The normalized spacial score (nSPS) is 14.1. The topological polar surface area (TPSA) is 111 Å². The number of carbonyl (C=O) groups excluding carboxylic acids is 2. The monoisotopic (exact) mass is 1170 g/mol. The van der Waals surface area contributed by atoms with Crippen LogP contribution in [0.5, 0.6) is 0 Å². The largest absolute Gasteiger partial charge is 0.472 e. The molecule has 0 saturated heterocycles. The Balaban J connectivity index is 5.12. The predicted octanol–water partition coefficient (Wildman–Crippen LogP) is 21.7. The molecule has 0 aliphatic heterocycles. The zero-order valence-corrected chi connectivity index (χ0v) is 55.4. The molecule has 0 spiro atoms. The van der Waals surface area contributed by atoms with Gasteiger partial charge in [-0.3, -0.25) is 18.6 Å². The smallest absolute Gasteiger partial charge is 0.456 e. The van der Waals surface area contributed by atoms with Crippen LogP contribution in [0.4, 0.5) is 0 Å². The highest BCUT2D eigenvalue weighted by Crippen LogP contribution is 2.43. The first-order chi connectivity index (χ1) is 39.9. The summed E-state index contributed by atoms with van der Waals surface area (Å²) in [6, 6.07) is -0.857. The molecule has 9 nitrogen and oxygen atoms in total. The molecular formula is C72H132N2O7P+. The zero-order valence-electron chi connectivity index (χ0n) is 54.5. The molecule has 82 heavy (non-hydrogen) atoms. The third kappa shape index (κ3) is 61.7. The van der Waals surface area contributed by atoms with Crippen molar-refractivity contribution in [3.05, 3.63) is 85.1 Å². The van der Waals surface area contributed by atoms with Gasteiger partial charge in [0.1, 0.15) is 19.3 Å². The maximum Gasteiger partial charge on any atom is 0.472 e. The first-order valence-corrected chi connectivity index (χ1v) is 35.9. The molecule has 3 unspecified atom stereocenters. The lowest BCUT2D eigenvalue weighted by atomic mass is 10.0. The lowest BCUT2D eigenvalue weighted by molar-refractivity contribution is -0.870. The number of hydrogen-bond acceptors (Lipinski definition) is 6. The van der Waals surface area contributed by atoms with Gasteiger partial charge in [-0.05, 0) is 102 Å². The minimum Gasteiger partial charge on any atom is -0.456 e. The van der Waals surface area contributed by atoms with E-state index in [2.05, 4.69) is 99.0 Å². The van der Waals surface area contributed by atoms with Crippen molar-refractivity contribution < 1.29 is 37.3 Å². The molecule has 3 atom stereocenters. The third-order valence-electron chi connectivity index (χ3n) is 15.1. The van der Waals surface area contributed by atoms with Gasteiger partial charge >= 0.3 is 13.8 Å². The van der Waals surface area contributed by atoms with Crippen molar-refractivity contribution in [2.75, 3.05) is 40.9 Å². The van der Waals surface area contributed by atoms with Crippen LogP contribution in [0.15, 0.2) is 85.1 Å². The average Bonchev–Trinajstić information content (AvgIpc) is 3.44. The van der Waals surface area contributed by atoms with E-state index in [1.165, 1.54) is 173 Å². The maximum atomic E-state index is 13.6. The summed E-state index contributed by atoms with van der Waals surface area (Å²) >= 11 is 0. The summed E-state index contributed by atoms with van der Waals surface area (Å²) < 4.78 is 30.8. The SMILES string of the molecule is CC/C=C\C/C=C\C/C=C\C/C=C\C/C=C\CCCCCCCCCCCC(=O)NC(COP(=O)(O)OCC[N+](C)(C)C)C(/C=C\CCCCCCCCCCCC)OC(=O)CCCCCCCCCCC/C=C/CCCCCCCC. The van der Waals surface area contributed by atoms with Crippen molar-refractivity contribution in [3.8, 4) is 0 Å². The molecule has 0 aliphatic carbocycles. The van der Waals surface area contributed by atoms with E-state index in [1.54, 1.807) is 0 Å². The van der Waals surface area contributed by atoms with Crippen molar-refractivity contribution in [1.82, 2.24) is 5.32 Å². The Morgan fingerprint density at radius 2 is 0.780 bits per heavy atom. The van der Waals surface area contributed by atoms with Crippen LogP contribution in [0.25, 0.3) is 0 Å². The van der Waals surface area contributed by atoms with E-state index in [-0.39, 0.29) is 31.5 Å². The van der Waals surface area contributed by atoms with Gasteiger partial charge in [-0.2, -0.15) is 0 Å². The van der Waals surface area contributed by atoms with E-state index in [4.69, 9.17) is 13.8 Å². The van der Waals surface area contributed by atoms with Crippen LogP contribution in [0.1, 0.15) is 310 Å². The Morgan fingerprint density at radius 1 is 0.439 bits per heavy atom. The van der Waals surface area contributed by atoms with E-state index in [0.717, 1.165) is 103 Å². The molecule has 0 fully saturated rings. The standard InChI is InChI=1S/C72H131N2O7P/c1-7-10-13-16-19-22-25-28-30-32-34-35-36-37-38-39-41-42-44-46-49-52-55-58-61-64-71(75)73-69(68-80-82(77,78)79-67-66-74(4,5)6)70(63-60-57-54-51-48-27-24-21-18-15-12-9-3)81-72(76)65-62-59-56-53-50-47-45-43-40-33-31-29-26-23-20-17-14-11-8-2/h10,13,19,22,28-31,34-35,37-38,60,63,69-70H,7-9,11-12,14-18,20-21,23-27,32-33,36,39-59,61-62,64-68H2,1-6H3,(H-,73,75,77,78)/p+1/b13-10-,22-19-,30-28-,31-29+,35-34-,38-37-,63-60-. The van der Waals surface area contributed by atoms with Crippen LogP contribution in [0, 0.1) is 0 Å². The van der Waals surface area contributed by atoms with Crippen LogP contribution in [0.3, 0.4) is 0 Å². The van der Waals surface area contributed by atoms with Gasteiger partial charge in [-0.1, -0.05) is 280 Å². The summed E-state index contributed by atoms with van der Waals surface area (Å²) in [6.07, 6.45) is 81.5. The van der Waals surface area contributed by atoms with Crippen LogP contribution < -0.4 is 5.32 Å². The van der Waals surface area contributed by atoms with Crippen molar-refractivity contribution in [2.24, 2.45) is 0 Å². The first-order valence-electron chi connectivity index (χ1n) is 34.4. The number of allylic oxidation sites excluding steroid dienone is 13. The zero-order chi connectivity index (χ0) is 60.0. The predicted molar refractivity (Wildman–Crippen MR) is 355 cm³/mol. The third-order valence-corrected chi connectivity index (χ3v) is 16.1. The molecule has 0 aromatic rings. The highest BCUT2D eigenvalue weighted by atomic mass is 31.2. The minimum absolute atomic E-state index is 0.0363. The number of nitrogens with one attached hydrogen (secondary N) is 1. The molecule has 0 bridgehead atoms. The average molecular weight is 1170 g/mol. The lowest BCUT2D eigenvalue weighted by Crippen LogP contribution is -2.47. The van der Waals surface area contributed by atoms with E-state index in [9.17, 15) is 19.0 Å². The molecule has 0 saturated carbocycles. The molecule has 0 heterocycles. The number of esters is 1. The Bertz CT molecular complexity index is 1680. The van der Waals surface area contributed by atoms with Gasteiger partial charge < -0.3 is 19.4 Å². The maximum absolute atomic E-state index is 13.6. The number of ether oxygens (including phenoxy) is 1. The van der Waals surface area contributed by atoms with Gasteiger partial charge in [0.25, 0.3) is 0 Å². The molecule has 0 radical (unpaired) electrons. The summed E-state index contributed by atoms with van der Waals surface area (Å²) in [4.78, 5) is 37.9. The summed E-state index contributed by atoms with van der Waals surface area (Å²) in [7, 11) is 1.49. The number of amides is 1. The van der Waals surface area contributed by atoms with Gasteiger partial charge in [0.05, 0.1) is 33.8 Å². The van der Waals surface area contributed by atoms with E-state index in [0.29, 0.717) is 17.4 Å². The van der Waals surface area contributed by atoms with Crippen LogP contribution in [0.2, 0.25) is 0 Å². The van der Waals surface area contributed by atoms with Gasteiger partial charge in [-0.25, -0.2) is 4.57 Å². The summed E-state index contributed by atoms with van der Waals surface area (Å²) in [5, 5.41) is 3.07. The summed E-state index contributed by atoms with van der Waals surface area (Å²) in [5.41, 5.74) is 0. The Hall–Kier alpha value is -2.81. The molecule has 10 heteroatoms. The molecule has 0 rings (SSSR count). The van der Waals surface area contributed by atoms with E-state index >= 15 is 0 Å². The molecule has 1 amide bonds. The summed E-state index contributed by atoms with van der Waals surface area (Å²) in [5.74, 6) is -0.509. The molecular weight excluding hydrogens is 1040 g/mol. The second-order valence-electron chi connectivity index (χ2n) is 24.3. The van der Waals surface area contributed by atoms with Crippen molar-refractivity contribution in [2.45, 2.75) is 322 Å². The second kappa shape index (κ2) is 61.3. The summed E-state index contributed by atoms with van der Waals surface area (Å²) in [6.45, 7) is 6.91. The quantitative estimate of drug-likeness (QED) is 0.0205. The fourth-order valence-electron chi connectivity index (χ4n) is 9.79. The number of hydrogen-bond donors (Lipinski definition) is 2. The second-order valence-corrected chi connectivity index (χ2v) is 25.8. The number of phosphoric ester groups is 1. The van der Waals surface area contributed by atoms with Crippen molar-refractivity contribution >= 4 is 19.7 Å². The number of nitrogens with zero attached hydrogens (tertiary/aromatic N) is 1. The number of rotatable bonds is 62. The Labute approximate surface area is 507 Å². The number of carbonyl (C=O) groups is 2. The van der Waals surface area contributed by atoms with Crippen LogP contribution >= 0.6 is 7.82 Å². The molecule has 2 N–H and O–H groups in total. The number of quaternary nitrogens is 1. The number of phosphoric acid groups is 1. The highest BCUT2D eigenvalue weighted by molar-refractivity contribution is 7.47.